The van der Waals surface area contributed by atoms with Gasteiger partial charge in [0.25, 0.3) is 0 Å². The summed E-state index contributed by atoms with van der Waals surface area (Å²) in [5, 5.41) is 9.96. The van der Waals surface area contributed by atoms with Gasteiger partial charge in [0.1, 0.15) is 6.04 Å². The van der Waals surface area contributed by atoms with Gasteiger partial charge >= 0.3 is 18.3 Å². The van der Waals surface area contributed by atoms with Gasteiger partial charge in [0.2, 0.25) is 11.8 Å². The molecular formula is C10H13F6NO3. The smallest absolute Gasteiger partial charge is 0.409 e. The van der Waals surface area contributed by atoms with Gasteiger partial charge in [-0.3, -0.25) is 4.79 Å². The van der Waals surface area contributed by atoms with Crippen LogP contribution in [0.2, 0.25) is 0 Å². The third-order valence-electron chi connectivity index (χ3n) is 2.24. The molecule has 0 aliphatic rings. The summed E-state index contributed by atoms with van der Waals surface area (Å²) in [4.78, 5) is 21.8. The minimum absolute atomic E-state index is 0.288. The molecule has 0 aromatic heterocycles. The van der Waals surface area contributed by atoms with Gasteiger partial charge in [0.05, 0.1) is 0 Å². The fourth-order valence-corrected chi connectivity index (χ4v) is 1.43. The number of carboxylic acid groups (broad SMARTS) is 1. The number of carboxylic acids is 1. The van der Waals surface area contributed by atoms with Crippen molar-refractivity contribution in [3.63, 3.8) is 0 Å². The molecule has 0 fully saturated rings. The van der Waals surface area contributed by atoms with Gasteiger partial charge in [-0.2, -0.15) is 26.3 Å². The normalized spacial score (nSPS) is 14.5. The van der Waals surface area contributed by atoms with Crippen LogP contribution in [0.3, 0.4) is 0 Å². The lowest BCUT2D eigenvalue weighted by molar-refractivity contribution is -0.274. The van der Waals surface area contributed by atoms with Crippen molar-refractivity contribution in [3.8, 4) is 0 Å². The number of halogens is 6. The van der Waals surface area contributed by atoms with E-state index in [1.807, 2.05) is 0 Å². The summed E-state index contributed by atoms with van der Waals surface area (Å²) in [7, 11) is 0. The van der Waals surface area contributed by atoms with Crippen molar-refractivity contribution in [3.05, 3.63) is 0 Å². The summed E-state index contributed by atoms with van der Waals surface area (Å²) in [6.07, 6.45) is -12.0. The highest BCUT2D eigenvalue weighted by molar-refractivity contribution is 5.85. The van der Waals surface area contributed by atoms with E-state index in [1.54, 1.807) is 0 Å². The van der Waals surface area contributed by atoms with Crippen molar-refractivity contribution < 1.29 is 41.0 Å². The molecule has 0 unspecified atom stereocenters. The molecule has 118 valence electrons. The van der Waals surface area contributed by atoms with E-state index in [9.17, 15) is 35.9 Å². The van der Waals surface area contributed by atoms with Crippen LogP contribution >= 0.6 is 0 Å². The number of alkyl halides is 6. The van der Waals surface area contributed by atoms with Crippen molar-refractivity contribution in [2.24, 2.45) is 11.8 Å². The van der Waals surface area contributed by atoms with Gasteiger partial charge in [-0.05, 0) is 12.3 Å². The summed E-state index contributed by atoms with van der Waals surface area (Å²) < 4.78 is 73.5. The van der Waals surface area contributed by atoms with Crippen LogP contribution in [0.15, 0.2) is 0 Å². The van der Waals surface area contributed by atoms with E-state index in [2.05, 4.69) is 0 Å². The van der Waals surface area contributed by atoms with Crippen LogP contribution in [-0.4, -0.2) is 35.4 Å². The Morgan fingerprint density at radius 3 is 1.70 bits per heavy atom. The van der Waals surface area contributed by atoms with Crippen LogP contribution in [0, 0.1) is 11.8 Å². The van der Waals surface area contributed by atoms with Crippen molar-refractivity contribution in [1.82, 2.24) is 5.32 Å². The third-order valence-corrected chi connectivity index (χ3v) is 2.24. The summed E-state index contributed by atoms with van der Waals surface area (Å²) >= 11 is 0. The third kappa shape index (κ3) is 5.66. The van der Waals surface area contributed by atoms with E-state index in [4.69, 9.17) is 5.11 Å². The molecule has 0 rings (SSSR count). The second-order valence-electron chi connectivity index (χ2n) is 4.55. The van der Waals surface area contributed by atoms with Gasteiger partial charge in [-0.25, -0.2) is 4.79 Å². The molecule has 0 radical (unpaired) electrons. The number of hydrogen-bond acceptors (Lipinski definition) is 2. The summed E-state index contributed by atoms with van der Waals surface area (Å²) in [5.41, 5.74) is 0. The van der Waals surface area contributed by atoms with Crippen molar-refractivity contribution >= 4 is 11.9 Å². The lowest BCUT2D eigenvalue weighted by Gasteiger charge is -2.24. The van der Waals surface area contributed by atoms with Crippen LogP contribution in [0.25, 0.3) is 0 Å². The SMILES string of the molecule is CC(C)C[C@H](NC(=O)C(C(F)(F)F)C(F)(F)F)C(=O)O. The summed E-state index contributed by atoms with van der Waals surface area (Å²) in [6, 6.07) is -1.81. The largest absolute Gasteiger partial charge is 0.480 e. The van der Waals surface area contributed by atoms with E-state index >= 15 is 0 Å². The second-order valence-corrected chi connectivity index (χ2v) is 4.55. The minimum Gasteiger partial charge on any atom is -0.480 e. The molecule has 0 spiro atoms. The van der Waals surface area contributed by atoms with Gasteiger partial charge in [0.15, 0.2) is 0 Å². The van der Waals surface area contributed by atoms with Crippen LogP contribution in [0.5, 0.6) is 0 Å². The molecule has 4 nitrogen and oxygen atoms in total. The molecule has 0 heterocycles. The number of carbonyl (C=O) groups is 2. The Labute approximate surface area is 110 Å². The zero-order valence-electron chi connectivity index (χ0n) is 10.5. The lowest BCUT2D eigenvalue weighted by atomic mass is 10.0. The highest BCUT2D eigenvalue weighted by Crippen LogP contribution is 2.39. The van der Waals surface area contributed by atoms with Crippen LogP contribution in [-0.2, 0) is 9.59 Å². The number of rotatable bonds is 5. The maximum atomic E-state index is 12.3. The van der Waals surface area contributed by atoms with Crippen molar-refractivity contribution in [2.75, 3.05) is 0 Å². The molecule has 0 saturated heterocycles. The average molecular weight is 309 g/mol. The standard InChI is InChI=1S/C10H13F6NO3/c1-4(2)3-5(8(19)20)17-7(18)6(9(11,12)13)10(14,15)16/h4-6H,3H2,1-2H3,(H,17,18)(H,19,20)/t5-/m0/s1. The highest BCUT2D eigenvalue weighted by Gasteiger charge is 2.61. The van der Waals surface area contributed by atoms with Crippen LogP contribution < -0.4 is 5.32 Å². The number of hydrogen-bond donors (Lipinski definition) is 2. The molecule has 1 amide bonds. The van der Waals surface area contributed by atoms with Gasteiger partial charge in [-0.1, -0.05) is 13.8 Å². The Balaban J connectivity index is 5.14. The monoisotopic (exact) mass is 309 g/mol. The molecule has 0 aromatic carbocycles. The zero-order chi connectivity index (χ0) is 16.3. The maximum Gasteiger partial charge on any atom is 0.409 e. The lowest BCUT2D eigenvalue weighted by Crippen LogP contribution is -2.52. The fourth-order valence-electron chi connectivity index (χ4n) is 1.43. The van der Waals surface area contributed by atoms with E-state index in [1.165, 1.54) is 19.2 Å². The Morgan fingerprint density at radius 1 is 1.05 bits per heavy atom. The molecule has 20 heavy (non-hydrogen) atoms. The van der Waals surface area contributed by atoms with E-state index in [-0.39, 0.29) is 12.3 Å². The predicted molar refractivity (Wildman–Crippen MR) is 54.6 cm³/mol. The molecule has 0 aliphatic heterocycles. The number of amides is 1. The highest BCUT2D eigenvalue weighted by atomic mass is 19.4. The molecule has 10 heteroatoms. The maximum absolute atomic E-state index is 12.3. The van der Waals surface area contributed by atoms with E-state index in [0.29, 0.717) is 0 Å². The molecule has 0 aliphatic carbocycles. The van der Waals surface area contributed by atoms with Crippen LogP contribution in [0.1, 0.15) is 20.3 Å². The first kappa shape index (κ1) is 18.5. The first-order valence-corrected chi connectivity index (χ1v) is 5.43. The van der Waals surface area contributed by atoms with Crippen molar-refractivity contribution in [2.45, 2.75) is 38.7 Å². The quantitative estimate of drug-likeness (QED) is 0.766. The first-order chi connectivity index (χ1) is 8.76. The predicted octanol–water partition coefficient (Wildman–Crippen LogP) is 2.34. The molecule has 0 aromatic rings. The van der Waals surface area contributed by atoms with E-state index < -0.39 is 36.2 Å². The Bertz CT molecular complexity index is 349. The van der Waals surface area contributed by atoms with Gasteiger partial charge in [0, 0.05) is 0 Å². The number of carbonyl (C=O) groups excluding carboxylic acids is 1. The summed E-state index contributed by atoms with van der Waals surface area (Å²) in [6.45, 7) is 3.01. The first-order valence-electron chi connectivity index (χ1n) is 5.43. The number of nitrogens with one attached hydrogen (secondary N) is 1. The molecule has 0 saturated carbocycles. The van der Waals surface area contributed by atoms with Crippen molar-refractivity contribution in [1.29, 1.82) is 0 Å². The van der Waals surface area contributed by atoms with Gasteiger partial charge < -0.3 is 10.4 Å². The topological polar surface area (TPSA) is 66.4 Å². The Hall–Kier alpha value is -1.48. The zero-order valence-corrected chi connectivity index (χ0v) is 10.5. The number of aliphatic carboxylic acids is 1. The second kappa shape index (κ2) is 6.31. The minimum atomic E-state index is -5.84. The molecule has 2 N–H and O–H groups in total. The average Bonchev–Trinajstić information content (AvgIpc) is 2.09. The molecule has 1 atom stereocenters. The molecular weight excluding hydrogens is 296 g/mol. The van der Waals surface area contributed by atoms with Gasteiger partial charge in [-0.15, -0.1) is 0 Å². The van der Waals surface area contributed by atoms with Crippen LogP contribution in [0.4, 0.5) is 26.3 Å². The van der Waals surface area contributed by atoms with E-state index in [0.717, 1.165) is 0 Å². The Morgan fingerprint density at radius 2 is 1.45 bits per heavy atom. The fraction of sp³-hybridized carbons (Fsp3) is 0.800. The Kier molecular flexibility index (Phi) is 5.85. The molecule has 0 bridgehead atoms. The summed E-state index contributed by atoms with van der Waals surface area (Å²) in [5.74, 6) is -8.70.